The molecule has 0 bridgehead atoms. The van der Waals surface area contributed by atoms with Gasteiger partial charge in [0.15, 0.2) is 0 Å². The van der Waals surface area contributed by atoms with Gasteiger partial charge in [-0.1, -0.05) is 0 Å². The van der Waals surface area contributed by atoms with Crippen molar-refractivity contribution in [2.24, 2.45) is 5.92 Å². The fourth-order valence-electron chi connectivity index (χ4n) is 2.12. The lowest BCUT2D eigenvalue weighted by Crippen LogP contribution is -2.47. The number of likely N-dealkylation sites (tertiary alicyclic amines) is 1. The van der Waals surface area contributed by atoms with Crippen molar-refractivity contribution in [3.63, 3.8) is 0 Å². The van der Waals surface area contributed by atoms with Crippen LogP contribution in [0.1, 0.15) is 26.2 Å². The number of nitrogens with zero attached hydrogens (tertiary/aromatic N) is 2. The van der Waals surface area contributed by atoms with E-state index in [1.54, 1.807) is 4.90 Å². The van der Waals surface area contributed by atoms with Gasteiger partial charge in [-0.15, -0.1) is 0 Å². The fraction of sp³-hybridized carbons (Fsp3) is 0.846. The second-order valence-corrected chi connectivity index (χ2v) is 5.53. The normalized spacial score (nSPS) is 18.4. The number of rotatable bonds is 5. The molecule has 1 unspecified atom stereocenters. The molecule has 1 fully saturated rings. The average Bonchev–Trinajstić information content (AvgIpc) is 2.35. The van der Waals surface area contributed by atoms with E-state index in [0.717, 1.165) is 12.8 Å². The Morgan fingerprint density at radius 3 is 2.42 bits per heavy atom. The summed E-state index contributed by atoms with van der Waals surface area (Å²) >= 11 is 0. The Balaban J connectivity index is 2.27. The second kappa shape index (κ2) is 7.33. The van der Waals surface area contributed by atoms with Crippen molar-refractivity contribution < 1.29 is 14.7 Å². The van der Waals surface area contributed by atoms with Gasteiger partial charge in [0.25, 0.3) is 0 Å². The van der Waals surface area contributed by atoms with E-state index in [9.17, 15) is 9.59 Å². The zero-order valence-electron chi connectivity index (χ0n) is 12.1. The van der Waals surface area contributed by atoms with Crippen LogP contribution in [-0.2, 0) is 4.79 Å². The number of aliphatic carboxylic acids is 1. The summed E-state index contributed by atoms with van der Waals surface area (Å²) in [5, 5.41) is 11.7. The van der Waals surface area contributed by atoms with Crippen LogP contribution in [-0.4, -0.2) is 66.7 Å². The Hall–Kier alpha value is -1.30. The van der Waals surface area contributed by atoms with Crippen molar-refractivity contribution in [1.29, 1.82) is 0 Å². The number of likely N-dealkylation sites (N-methyl/N-ethyl adjacent to an activating group) is 1. The van der Waals surface area contributed by atoms with E-state index in [2.05, 4.69) is 17.1 Å². The van der Waals surface area contributed by atoms with Crippen molar-refractivity contribution in [2.45, 2.75) is 32.2 Å². The lowest BCUT2D eigenvalue weighted by Gasteiger charge is -2.32. The first-order valence-electron chi connectivity index (χ1n) is 6.81. The SMILES string of the molecule is CC(CNC(=O)N1CCC(CC(=O)O)CC1)N(C)C. The van der Waals surface area contributed by atoms with Gasteiger partial charge in [-0.05, 0) is 39.8 Å². The number of nitrogens with one attached hydrogen (secondary N) is 1. The molecule has 0 aliphatic carbocycles. The zero-order valence-corrected chi connectivity index (χ0v) is 12.1. The predicted octanol–water partition coefficient (Wildman–Crippen LogP) is 0.833. The number of piperidine rings is 1. The van der Waals surface area contributed by atoms with Crippen LogP contribution >= 0.6 is 0 Å². The number of carbonyl (C=O) groups is 2. The van der Waals surface area contributed by atoms with E-state index in [4.69, 9.17) is 5.11 Å². The summed E-state index contributed by atoms with van der Waals surface area (Å²) in [5.41, 5.74) is 0. The molecule has 2 N–H and O–H groups in total. The molecule has 1 aliphatic heterocycles. The first-order chi connectivity index (χ1) is 8.90. The summed E-state index contributed by atoms with van der Waals surface area (Å²) in [6.45, 7) is 3.99. The highest BCUT2D eigenvalue weighted by Gasteiger charge is 2.24. The van der Waals surface area contributed by atoms with Gasteiger partial charge in [-0.2, -0.15) is 0 Å². The number of carboxylic acids is 1. The number of hydrogen-bond acceptors (Lipinski definition) is 3. The van der Waals surface area contributed by atoms with Gasteiger partial charge in [-0.3, -0.25) is 4.79 Å². The highest BCUT2D eigenvalue weighted by molar-refractivity contribution is 5.74. The lowest BCUT2D eigenvalue weighted by molar-refractivity contribution is -0.138. The first-order valence-corrected chi connectivity index (χ1v) is 6.81. The predicted molar refractivity (Wildman–Crippen MR) is 73.1 cm³/mol. The summed E-state index contributed by atoms with van der Waals surface area (Å²) in [6, 6.07) is 0.260. The van der Waals surface area contributed by atoms with Crippen LogP contribution in [0.15, 0.2) is 0 Å². The van der Waals surface area contributed by atoms with Gasteiger partial charge in [0.1, 0.15) is 0 Å². The standard InChI is InChI=1S/C13H25N3O3/c1-10(15(2)3)9-14-13(19)16-6-4-11(5-7-16)8-12(17)18/h10-11H,4-9H2,1-3H3,(H,14,19)(H,17,18). The minimum absolute atomic E-state index is 0.0394. The fourth-order valence-corrected chi connectivity index (χ4v) is 2.12. The van der Waals surface area contributed by atoms with E-state index in [-0.39, 0.29) is 18.4 Å². The molecule has 0 aromatic rings. The van der Waals surface area contributed by atoms with Gasteiger partial charge in [0.05, 0.1) is 0 Å². The monoisotopic (exact) mass is 271 g/mol. The molecule has 2 amide bonds. The Kier molecular flexibility index (Phi) is 6.08. The van der Waals surface area contributed by atoms with Gasteiger partial charge in [0.2, 0.25) is 0 Å². The van der Waals surface area contributed by atoms with Crippen LogP contribution in [0.5, 0.6) is 0 Å². The number of carbonyl (C=O) groups excluding carboxylic acids is 1. The molecule has 1 heterocycles. The Bertz CT molecular complexity index is 312. The number of amides is 2. The number of hydrogen-bond donors (Lipinski definition) is 2. The molecule has 19 heavy (non-hydrogen) atoms. The van der Waals surface area contributed by atoms with Crippen molar-refractivity contribution in [3.05, 3.63) is 0 Å². The highest BCUT2D eigenvalue weighted by atomic mass is 16.4. The minimum atomic E-state index is -0.747. The van der Waals surface area contributed by atoms with Crippen LogP contribution < -0.4 is 5.32 Å². The third-order valence-corrected chi connectivity index (χ3v) is 3.80. The maximum absolute atomic E-state index is 11.9. The summed E-state index contributed by atoms with van der Waals surface area (Å²) in [7, 11) is 3.96. The molecule has 1 rings (SSSR count). The van der Waals surface area contributed by atoms with Crippen LogP contribution in [0.4, 0.5) is 4.79 Å². The van der Waals surface area contributed by atoms with Gasteiger partial charge in [-0.25, -0.2) is 4.79 Å². The van der Waals surface area contributed by atoms with E-state index in [1.165, 1.54) is 0 Å². The molecule has 0 aromatic heterocycles. The number of urea groups is 1. The van der Waals surface area contributed by atoms with Gasteiger partial charge in [0, 0.05) is 32.1 Å². The average molecular weight is 271 g/mol. The molecule has 1 aliphatic rings. The van der Waals surface area contributed by atoms with Crippen LogP contribution in [0, 0.1) is 5.92 Å². The van der Waals surface area contributed by atoms with E-state index in [1.807, 2.05) is 14.1 Å². The third kappa shape index (κ3) is 5.46. The summed E-state index contributed by atoms with van der Waals surface area (Å²) < 4.78 is 0. The summed E-state index contributed by atoms with van der Waals surface area (Å²) in [6.07, 6.45) is 1.78. The molecule has 110 valence electrons. The van der Waals surface area contributed by atoms with E-state index < -0.39 is 5.97 Å². The van der Waals surface area contributed by atoms with Gasteiger partial charge < -0.3 is 20.2 Å². The highest BCUT2D eigenvalue weighted by Crippen LogP contribution is 2.20. The van der Waals surface area contributed by atoms with Crippen molar-refractivity contribution in [2.75, 3.05) is 33.7 Å². The Labute approximate surface area is 114 Å². The van der Waals surface area contributed by atoms with Crippen molar-refractivity contribution in [1.82, 2.24) is 15.1 Å². The molecular weight excluding hydrogens is 246 g/mol. The van der Waals surface area contributed by atoms with Crippen molar-refractivity contribution >= 4 is 12.0 Å². The van der Waals surface area contributed by atoms with Crippen LogP contribution in [0.25, 0.3) is 0 Å². The minimum Gasteiger partial charge on any atom is -0.481 e. The first kappa shape index (κ1) is 15.8. The Morgan fingerprint density at radius 1 is 1.37 bits per heavy atom. The molecule has 0 saturated carbocycles. The maximum Gasteiger partial charge on any atom is 0.317 e. The Morgan fingerprint density at radius 2 is 1.95 bits per heavy atom. The topological polar surface area (TPSA) is 72.9 Å². The lowest BCUT2D eigenvalue weighted by atomic mass is 9.94. The maximum atomic E-state index is 11.9. The van der Waals surface area contributed by atoms with Gasteiger partial charge >= 0.3 is 12.0 Å². The van der Waals surface area contributed by atoms with E-state index in [0.29, 0.717) is 25.7 Å². The molecular formula is C13H25N3O3. The van der Waals surface area contributed by atoms with Crippen LogP contribution in [0.2, 0.25) is 0 Å². The van der Waals surface area contributed by atoms with Crippen molar-refractivity contribution in [3.8, 4) is 0 Å². The molecule has 1 saturated heterocycles. The molecule has 1 atom stereocenters. The largest absolute Gasteiger partial charge is 0.481 e. The molecule has 0 radical (unpaired) electrons. The zero-order chi connectivity index (χ0) is 14.4. The summed E-state index contributed by atoms with van der Waals surface area (Å²) in [5.74, 6) is -0.537. The number of carboxylic acid groups (broad SMARTS) is 1. The molecule has 6 heteroatoms. The van der Waals surface area contributed by atoms with Crippen LogP contribution in [0.3, 0.4) is 0 Å². The van der Waals surface area contributed by atoms with E-state index >= 15 is 0 Å². The quantitative estimate of drug-likeness (QED) is 0.777. The molecule has 0 spiro atoms. The third-order valence-electron chi connectivity index (χ3n) is 3.80. The summed E-state index contributed by atoms with van der Waals surface area (Å²) in [4.78, 5) is 26.4. The smallest absolute Gasteiger partial charge is 0.317 e. The second-order valence-electron chi connectivity index (χ2n) is 5.53. The molecule has 0 aromatic carbocycles. The molecule has 6 nitrogen and oxygen atoms in total.